The summed E-state index contributed by atoms with van der Waals surface area (Å²) >= 11 is 9.18. The van der Waals surface area contributed by atoms with Crippen LogP contribution in [-0.4, -0.2) is 9.97 Å². The molecule has 2 rings (SSSR count). The molecule has 0 aliphatic heterocycles. The lowest BCUT2D eigenvalue weighted by atomic mass is 10.4. The zero-order valence-corrected chi connectivity index (χ0v) is 11.5. The van der Waals surface area contributed by atoms with Gasteiger partial charge in [0, 0.05) is 12.6 Å². The minimum atomic E-state index is 0.493. The number of nitrogens with one attached hydrogen (secondary N) is 1. The highest BCUT2D eigenvalue weighted by molar-refractivity contribution is 9.10. The largest absolute Gasteiger partial charge is 0.444 e. The van der Waals surface area contributed by atoms with Crippen molar-refractivity contribution >= 4 is 33.3 Å². The van der Waals surface area contributed by atoms with E-state index >= 15 is 0 Å². The van der Waals surface area contributed by atoms with Gasteiger partial charge in [0.05, 0.1) is 22.2 Å². The van der Waals surface area contributed by atoms with E-state index in [1.807, 2.05) is 6.92 Å². The van der Waals surface area contributed by atoms with Gasteiger partial charge in [-0.3, -0.25) is 0 Å². The molecule has 0 atom stereocenters. The SMILES string of the molecule is CCc1cnc(CNc2ncc(Cl)cc2Br)o1. The Labute approximate surface area is 113 Å². The second-order valence-electron chi connectivity index (χ2n) is 3.41. The van der Waals surface area contributed by atoms with Gasteiger partial charge in [0.2, 0.25) is 5.89 Å². The molecular formula is C11H11BrClN3O. The predicted octanol–water partition coefficient (Wildman–Crippen LogP) is 3.66. The summed E-state index contributed by atoms with van der Waals surface area (Å²) in [6, 6.07) is 1.78. The Morgan fingerprint density at radius 1 is 1.41 bits per heavy atom. The smallest absolute Gasteiger partial charge is 0.213 e. The molecule has 0 radical (unpaired) electrons. The Morgan fingerprint density at radius 3 is 2.88 bits per heavy atom. The Balaban J connectivity index is 2.02. The number of aromatic nitrogens is 2. The summed E-state index contributed by atoms with van der Waals surface area (Å²) in [5.74, 6) is 2.24. The van der Waals surface area contributed by atoms with E-state index in [0.717, 1.165) is 16.7 Å². The van der Waals surface area contributed by atoms with Crippen LogP contribution in [0.5, 0.6) is 0 Å². The van der Waals surface area contributed by atoms with E-state index in [4.69, 9.17) is 16.0 Å². The summed E-state index contributed by atoms with van der Waals surface area (Å²) in [7, 11) is 0. The lowest BCUT2D eigenvalue weighted by Crippen LogP contribution is -2.02. The summed E-state index contributed by atoms with van der Waals surface area (Å²) in [5, 5.41) is 3.71. The van der Waals surface area contributed by atoms with Crippen LogP contribution in [0.2, 0.25) is 5.02 Å². The predicted molar refractivity (Wildman–Crippen MR) is 70.2 cm³/mol. The van der Waals surface area contributed by atoms with Crippen molar-refractivity contribution in [3.8, 4) is 0 Å². The second kappa shape index (κ2) is 5.51. The Hall–Kier alpha value is -1.07. The van der Waals surface area contributed by atoms with Crippen molar-refractivity contribution < 1.29 is 4.42 Å². The van der Waals surface area contributed by atoms with Gasteiger partial charge >= 0.3 is 0 Å². The number of nitrogens with zero attached hydrogens (tertiary/aromatic N) is 2. The average molecular weight is 317 g/mol. The van der Waals surface area contributed by atoms with Crippen LogP contribution in [0.3, 0.4) is 0 Å². The summed E-state index contributed by atoms with van der Waals surface area (Å²) in [5.41, 5.74) is 0. The summed E-state index contributed by atoms with van der Waals surface area (Å²) < 4.78 is 6.29. The molecule has 0 saturated heterocycles. The van der Waals surface area contributed by atoms with E-state index < -0.39 is 0 Å². The van der Waals surface area contributed by atoms with Gasteiger partial charge < -0.3 is 9.73 Å². The molecule has 0 amide bonds. The molecule has 0 aliphatic carbocycles. The maximum Gasteiger partial charge on any atom is 0.213 e. The Kier molecular flexibility index (Phi) is 4.02. The van der Waals surface area contributed by atoms with Gasteiger partial charge in [0.25, 0.3) is 0 Å². The number of halogens is 2. The van der Waals surface area contributed by atoms with Crippen molar-refractivity contribution in [3.63, 3.8) is 0 Å². The Bertz CT molecular complexity index is 515. The first-order valence-corrected chi connectivity index (χ1v) is 6.34. The molecular weight excluding hydrogens is 305 g/mol. The molecule has 2 aromatic heterocycles. The van der Waals surface area contributed by atoms with Crippen molar-refractivity contribution in [3.05, 3.63) is 39.6 Å². The lowest BCUT2D eigenvalue weighted by Gasteiger charge is -2.05. The quantitative estimate of drug-likeness (QED) is 0.935. The molecule has 2 heterocycles. The van der Waals surface area contributed by atoms with E-state index in [-0.39, 0.29) is 0 Å². The highest BCUT2D eigenvalue weighted by Gasteiger charge is 2.05. The van der Waals surface area contributed by atoms with Gasteiger partial charge in [-0.25, -0.2) is 9.97 Å². The summed E-state index contributed by atoms with van der Waals surface area (Å²) in [4.78, 5) is 8.31. The monoisotopic (exact) mass is 315 g/mol. The third-order valence-corrected chi connectivity index (χ3v) is 2.98. The highest BCUT2D eigenvalue weighted by atomic mass is 79.9. The first-order valence-electron chi connectivity index (χ1n) is 5.17. The molecule has 90 valence electrons. The van der Waals surface area contributed by atoms with Crippen LogP contribution in [0.25, 0.3) is 0 Å². The van der Waals surface area contributed by atoms with Crippen LogP contribution in [-0.2, 0) is 13.0 Å². The van der Waals surface area contributed by atoms with Crippen LogP contribution in [0.1, 0.15) is 18.6 Å². The number of pyridine rings is 1. The molecule has 0 unspecified atom stereocenters. The molecule has 2 aromatic rings. The Morgan fingerprint density at radius 2 is 2.24 bits per heavy atom. The molecule has 0 aromatic carbocycles. The lowest BCUT2D eigenvalue weighted by molar-refractivity contribution is 0.465. The van der Waals surface area contributed by atoms with Gasteiger partial charge in [-0.1, -0.05) is 18.5 Å². The third kappa shape index (κ3) is 3.20. The minimum Gasteiger partial charge on any atom is -0.444 e. The molecule has 0 aliphatic rings. The summed E-state index contributed by atoms with van der Waals surface area (Å²) in [6.07, 6.45) is 4.17. The second-order valence-corrected chi connectivity index (χ2v) is 4.70. The van der Waals surface area contributed by atoms with E-state index in [9.17, 15) is 0 Å². The molecule has 0 bridgehead atoms. The van der Waals surface area contributed by atoms with E-state index in [1.165, 1.54) is 0 Å². The molecule has 17 heavy (non-hydrogen) atoms. The average Bonchev–Trinajstić information content (AvgIpc) is 2.76. The van der Waals surface area contributed by atoms with Crippen LogP contribution in [0.15, 0.2) is 27.3 Å². The van der Waals surface area contributed by atoms with Crippen LogP contribution in [0.4, 0.5) is 5.82 Å². The molecule has 0 spiro atoms. The summed E-state index contributed by atoms with van der Waals surface area (Å²) in [6.45, 7) is 2.52. The number of hydrogen-bond acceptors (Lipinski definition) is 4. The van der Waals surface area contributed by atoms with Crippen LogP contribution < -0.4 is 5.32 Å². The molecule has 6 heteroatoms. The first kappa shape index (κ1) is 12.4. The number of rotatable bonds is 4. The fourth-order valence-electron chi connectivity index (χ4n) is 1.30. The van der Waals surface area contributed by atoms with Crippen LogP contribution >= 0.6 is 27.5 Å². The number of aryl methyl sites for hydroxylation is 1. The van der Waals surface area contributed by atoms with Crippen molar-refractivity contribution in [1.29, 1.82) is 0 Å². The van der Waals surface area contributed by atoms with Crippen molar-refractivity contribution in [1.82, 2.24) is 9.97 Å². The van der Waals surface area contributed by atoms with E-state index in [2.05, 4.69) is 31.2 Å². The molecule has 1 N–H and O–H groups in total. The van der Waals surface area contributed by atoms with Gasteiger partial charge in [-0.15, -0.1) is 0 Å². The van der Waals surface area contributed by atoms with Gasteiger partial charge in [-0.2, -0.15) is 0 Å². The maximum atomic E-state index is 5.81. The topological polar surface area (TPSA) is 51.0 Å². The molecule has 4 nitrogen and oxygen atoms in total. The van der Waals surface area contributed by atoms with Gasteiger partial charge in [-0.05, 0) is 22.0 Å². The molecule has 0 saturated carbocycles. The van der Waals surface area contributed by atoms with Crippen LogP contribution in [0, 0.1) is 0 Å². The first-order chi connectivity index (χ1) is 8.19. The molecule has 0 fully saturated rings. The fourth-order valence-corrected chi connectivity index (χ4v) is 2.08. The minimum absolute atomic E-state index is 0.493. The number of oxazole rings is 1. The standard InChI is InChI=1S/C11H11BrClN3O/c1-2-8-5-14-10(17-8)6-16-11-9(12)3-7(13)4-15-11/h3-5H,2,6H2,1H3,(H,15,16). The normalized spacial score (nSPS) is 10.5. The number of hydrogen-bond donors (Lipinski definition) is 1. The zero-order chi connectivity index (χ0) is 12.3. The van der Waals surface area contributed by atoms with Crippen molar-refractivity contribution in [2.24, 2.45) is 0 Å². The fraction of sp³-hybridized carbons (Fsp3) is 0.273. The van der Waals surface area contributed by atoms with Gasteiger partial charge in [0.15, 0.2) is 0 Å². The number of anilines is 1. The van der Waals surface area contributed by atoms with Gasteiger partial charge in [0.1, 0.15) is 11.6 Å². The highest BCUT2D eigenvalue weighted by Crippen LogP contribution is 2.23. The van der Waals surface area contributed by atoms with E-state index in [1.54, 1.807) is 18.5 Å². The van der Waals surface area contributed by atoms with Crippen molar-refractivity contribution in [2.45, 2.75) is 19.9 Å². The van der Waals surface area contributed by atoms with Crippen molar-refractivity contribution in [2.75, 3.05) is 5.32 Å². The maximum absolute atomic E-state index is 5.81. The third-order valence-electron chi connectivity index (χ3n) is 2.16. The zero-order valence-electron chi connectivity index (χ0n) is 9.20. The van der Waals surface area contributed by atoms with E-state index in [0.29, 0.717) is 23.3 Å².